The van der Waals surface area contributed by atoms with Crippen LogP contribution in [0.4, 0.5) is 15.8 Å². The SMILES string of the molecule is CC(=O)NCC(Nc1cc(-c2c[nH]c3cc(F)ccc23)ccc1N)=C1CCC1. The number of aromatic amines is 1. The number of amides is 1. The molecule has 1 aliphatic carbocycles. The van der Waals surface area contributed by atoms with Crippen molar-refractivity contribution >= 4 is 28.2 Å². The molecule has 0 saturated heterocycles. The molecule has 4 rings (SSSR count). The number of fused-ring (bicyclic) bond motifs is 1. The Morgan fingerprint density at radius 1 is 1.21 bits per heavy atom. The van der Waals surface area contributed by atoms with E-state index in [1.54, 1.807) is 6.07 Å². The lowest BCUT2D eigenvalue weighted by Gasteiger charge is -2.24. The molecule has 0 aliphatic heterocycles. The summed E-state index contributed by atoms with van der Waals surface area (Å²) in [7, 11) is 0. The van der Waals surface area contributed by atoms with Crippen LogP contribution in [0.25, 0.3) is 22.0 Å². The zero-order valence-electron chi connectivity index (χ0n) is 15.7. The summed E-state index contributed by atoms with van der Waals surface area (Å²) in [4.78, 5) is 14.5. The van der Waals surface area contributed by atoms with Crippen LogP contribution in [0.5, 0.6) is 0 Å². The summed E-state index contributed by atoms with van der Waals surface area (Å²) in [6.45, 7) is 1.97. The molecule has 5 nitrogen and oxygen atoms in total. The Hall–Kier alpha value is -3.28. The van der Waals surface area contributed by atoms with Gasteiger partial charge in [0.25, 0.3) is 0 Å². The molecule has 0 unspecified atom stereocenters. The third-order valence-corrected chi connectivity index (χ3v) is 5.19. The van der Waals surface area contributed by atoms with E-state index in [0.29, 0.717) is 12.2 Å². The predicted octanol–water partition coefficient (Wildman–Crippen LogP) is 4.54. The van der Waals surface area contributed by atoms with Gasteiger partial charge in [0.15, 0.2) is 0 Å². The summed E-state index contributed by atoms with van der Waals surface area (Å²) >= 11 is 0. The number of benzene rings is 2. The molecule has 0 spiro atoms. The van der Waals surface area contributed by atoms with Gasteiger partial charge in [-0.1, -0.05) is 6.07 Å². The Kier molecular flexibility index (Phi) is 4.77. The fraction of sp³-hybridized carbons (Fsp3) is 0.227. The molecule has 5 N–H and O–H groups in total. The maximum absolute atomic E-state index is 13.5. The number of allylic oxidation sites excluding steroid dienone is 1. The number of nitrogen functional groups attached to an aromatic ring is 1. The van der Waals surface area contributed by atoms with Crippen LogP contribution in [0.15, 0.2) is 53.9 Å². The zero-order chi connectivity index (χ0) is 19.7. The highest BCUT2D eigenvalue weighted by Gasteiger charge is 2.16. The highest BCUT2D eigenvalue weighted by Crippen LogP contribution is 2.35. The molecule has 1 aromatic heterocycles. The summed E-state index contributed by atoms with van der Waals surface area (Å²) in [6.07, 6.45) is 5.12. The molecule has 2 aromatic carbocycles. The lowest BCUT2D eigenvalue weighted by Crippen LogP contribution is -2.27. The average Bonchev–Trinajstić information content (AvgIpc) is 3.02. The lowest BCUT2D eigenvalue weighted by atomic mass is 9.90. The average molecular weight is 378 g/mol. The van der Waals surface area contributed by atoms with E-state index in [4.69, 9.17) is 5.73 Å². The maximum Gasteiger partial charge on any atom is 0.217 e. The summed E-state index contributed by atoms with van der Waals surface area (Å²) in [5, 5.41) is 7.25. The highest BCUT2D eigenvalue weighted by atomic mass is 19.1. The van der Waals surface area contributed by atoms with E-state index >= 15 is 0 Å². The first-order valence-electron chi connectivity index (χ1n) is 9.40. The van der Waals surface area contributed by atoms with Crippen molar-refractivity contribution in [3.05, 3.63) is 59.7 Å². The summed E-state index contributed by atoms with van der Waals surface area (Å²) < 4.78 is 13.5. The quantitative estimate of drug-likeness (QED) is 0.492. The van der Waals surface area contributed by atoms with Gasteiger partial charge >= 0.3 is 0 Å². The van der Waals surface area contributed by atoms with Gasteiger partial charge in [0, 0.05) is 35.3 Å². The van der Waals surface area contributed by atoms with Crippen LogP contribution in [0.1, 0.15) is 26.2 Å². The number of rotatable bonds is 5. The van der Waals surface area contributed by atoms with E-state index in [0.717, 1.165) is 46.3 Å². The fourth-order valence-electron chi connectivity index (χ4n) is 3.46. The Balaban J connectivity index is 1.67. The van der Waals surface area contributed by atoms with Crippen molar-refractivity contribution < 1.29 is 9.18 Å². The second-order valence-corrected chi connectivity index (χ2v) is 7.16. The number of H-pyrrole nitrogens is 1. The Morgan fingerprint density at radius 2 is 2.04 bits per heavy atom. The summed E-state index contributed by atoms with van der Waals surface area (Å²) in [6, 6.07) is 10.5. The summed E-state index contributed by atoms with van der Waals surface area (Å²) in [5.74, 6) is -0.331. The lowest BCUT2D eigenvalue weighted by molar-refractivity contribution is -0.118. The van der Waals surface area contributed by atoms with Gasteiger partial charge in [-0.15, -0.1) is 0 Å². The van der Waals surface area contributed by atoms with Crippen molar-refractivity contribution in [1.82, 2.24) is 10.3 Å². The van der Waals surface area contributed by atoms with Crippen LogP contribution >= 0.6 is 0 Å². The van der Waals surface area contributed by atoms with E-state index in [9.17, 15) is 9.18 Å². The van der Waals surface area contributed by atoms with Gasteiger partial charge in [0.1, 0.15) is 5.82 Å². The number of carbonyl (C=O) groups excluding carboxylic acids is 1. The minimum absolute atomic E-state index is 0.0630. The molecule has 1 amide bonds. The van der Waals surface area contributed by atoms with E-state index < -0.39 is 0 Å². The summed E-state index contributed by atoms with van der Waals surface area (Å²) in [5.41, 5.74) is 12.7. The van der Waals surface area contributed by atoms with Gasteiger partial charge in [0.05, 0.1) is 17.9 Å². The monoisotopic (exact) mass is 378 g/mol. The third kappa shape index (κ3) is 3.58. The molecule has 3 aromatic rings. The molecule has 1 heterocycles. The molecule has 1 saturated carbocycles. The van der Waals surface area contributed by atoms with Gasteiger partial charge < -0.3 is 21.4 Å². The largest absolute Gasteiger partial charge is 0.397 e. The number of carbonyl (C=O) groups is 1. The molecule has 144 valence electrons. The second kappa shape index (κ2) is 7.38. The molecule has 0 radical (unpaired) electrons. The Labute approximate surface area is 162 Å². The van der Waals surface area contributed by atoms with Gasteiger partial charge in [-0.3, -0.25) is 4.79 Å². The zero-order valence-corrected chi connectivity index (χ0v) is 15.7. The molecular formula is C22H23FN4O. The number of halogens is 1. The van der Waals surface area contributed by atoms with Gasteiger partial charge in [-0.05, 0) is 60.7 Å². The number of nitrogens with two attached hydrogens (primary N) is 1. The van der Waals surface area contributed by atoms with Crippen molar-refractivity contribution in [1.29, 1.82) is 0 Å². The minimum atomic E-state index is -0.268. The van der Waals surface area contributed by atoms with Gasteiger partial charge in [-0.2, -0.15) is 0 Å². The van der Waals surface area contributed by atoms with Crippen molar-refractivity contribution in [3.8, 4) is 11.1 Å². The van der Waals surface area contributed by atoms with Crippen LogP contribution in [0.3, 0.4) is 0 Å². The van der Waals surface area contributed by atoms with Crippen molar-refractivity contribution in [2.24, 2.45) is 0 Å². The first kappa shape index (κ1) is 18.1. The van der Waals surface area contributed by atoms with Crippen molar-refractivity contribution in [2.45, 2.75) is 26.2 Å². The number of hydrogen-bond donors (Lipinski definition) is 4. The van der Waals surface area contributed by atoms with Crippen LogP contribution in [-0.2, 0) is 4.79 Å². The van der Waals surface area contributed by atoms with Crippen molar-refractivity contribution in [3.63, 3.8) is 0 Å². The highest BCUT2D eigenvalue weighted by molar-refractivity contribution is 5.96. The van der Waals surface area contributed by atoms with Crippen LogP contribution in [0.2, 0.25) is 0 Å². The minimum Gasteiger partial charge on any atom is -0.397 e. The number of aromatic nitrogens is 1. The molecule has 1 fully saturated rings. The van der Waals surface area contributed by atoms with E-state index in [1.165, 1.54) is 31.1 Å². The molecule has 1 aliphatic rings. The van der Waals surface area contributed by atoms with E-state index in [1.807, 2.05) is 24.4 Å². The van der Waals surface area contributed by atoms with Gasteiger partial charge in [0.2, 0.25) is 5.91 Å². The molecule has 0 atom stereocenters. The normalized spacial score (nSPS) is 13.3. The maximum atomic E-state index is 13.5. The van der Waals surface area contributed by atoms with Gasteiger partial charge in [-0.25, -0.2) is 4.39 Å². The van der Waals surface area contributed by atoms with E-state index in [-0.39, 0.29) is 11.7 Å². The standard InChI is InChI=1S/C22H23FN4O/c1-13(28)25-12-22(14-3-2-4-14)27-21-9-15(5-8-19(21)24)18-11-26-20-10-16(23)6-7-17(18)20/h5-11,26-27H,2-4,12,24H2,1H3,(H,25,28). The number of hydrogen-bond acceptors (Lipinski definition) is 3. The smallest absolute Gasteiger partial charge is 0.217 e. The Bertz CT molecular complexity index is 1080. The van der Waals surface area contributed by atoms with Crippen LogP contribution in [0, 0.1) is 5.82 Å². The van der Waals surface area contributed by atoms with Crippen molar-refractivity contribution in [2.75, 3.05) is 17.6 Å². The topological polar surface area (TPSA) is 82.9 Å². The first-order chi connectivity index (χ1) is 13.5. The van der Waals surface area contributed by atoms with E-state index in [2.05, 4.69) is 15.6 Å². The Morgan fingerprint density at radius 3 is 2.75 bits per heavy atom. The molecule has 28 heavy (non-hydrogen) atoms. The number of nitrogens with one attached hydrogen (secondary N) is 3. The van der Waals surface area contributed by atoms with Crippen LogP contribution in [-0.4, -0.2) is 17.4 Å². The number of anilines is 2. The molecule has 6 heteroatoms. The second-order valence-electron chi connectivity index (χ2n) is 7.16. The first-order valence-corrected chi connectivity index (χ1v) is 9.40. The fourth-order valence-corrected chi connectivity index (χ4v) is 3.46. The predicted molar refractivity (Wildman–Crippen MR) is 111 cm³/mol. The molecule has 0 bridgehead atoms. The third-order valence-electron chi connectivity index (χ3n) is 5.19. The molecular weight excluding hydrogens is 355 g/mol. The van der Waals surface area contributed by atoms with Crippen LogP contribution < -0.4 is 16.4 Å².